The number of fused-ring (bicyclic) bond motifs is 1. The van der Waals surface area contributed by atoms with Crippen LogP contribution in [0.1, 0.15) is 15.9 Å². The van der Waals surface area contributed by atoms with Crippen molar-refractivity contribution in [1.82, 2.24) is 9.55 Å². The fourth-order valence-corrected chi connectivity index (χ4v) is 3.57. The Bertz CT molecular complexity index is 1020. The van der Waals surface area contributed by atoms with E-state index in [1.165, 1.54) is 0 Å². The molecule has 1 N–H and O–H groups in total. The highest BCUT2D eigenvalue weighted by atomic mass is 32.1. The molecule has 5 heteroatoms. The third kappa shape index (κ3) is 2.59. The van der Waals surface area contributed by atoms with Gasteiger partial charge >= 0.3 is 5.97 Å². The zero-order valence-electron chi connectivity index (χ0n) is 12.7. The van der Waals surface area contributed by atoms with E-state index in [1.54, 1.807) is 29.7 Å². The fourth-order valence-electron chi connectivity index (χ4n) is 2.93. The molecule has 2 aromatic heterocycles. The summed E-state index contributed by atoms with van der Waals surface area (Å²) in [5.41, 5.74) is 3.27. The number of rotatable bonds is 4. The number of carboxylic acid groups (broad SMARTS) is 1. The van der Waals surface area contributed by atoms with Crippen LogP contribution in [-0.2, 0) is 6.54 Å². The Morgan fingerprint density at radius 2 is 2.04 bits per heavy atom. The van der Waals surface area contributed by atoms with Gasteiger partial charge in [0.2, 0.25) is 0 Å². The average molecular weight is 334 g/mol. The van der Waals surface area contributed by atoms with Gasteiger partial charge in [-0.1, -0.05) is 30.3 Å². The number of hydrogen-bond acceptors (Lipinski definition) is 3. The molecule has 2 aromatic carbocycles. The highest BCUT2D eigenvalue weighted by molar-refractivity contribution is 7.13. The second kappa shape index (κ2) is 5.94. The molecule has 0 radical (unpaired) electrons. The van der Waals surface area contributed by atoms with E-state index in [0.29, 0.717) is 12.1 Å². The molecule has 0 aliphatic carbocycles. The third-order valence-electron chi connectivity index (χ3n) is 3.98. The van der Waals surface area contributed by atoms with Crippen LogP contribution in [0, 0.1) is 0 Å². The lowest BCUT2D eigenvalue weighted by Crippen LogP contribution is -2.04. The third-order valence-corrected chi connectivity index (χ3v) is 4.80. The van der Waals surface area contributed by atoms with Gasteiger partial charge in [-0.15, -0.1) is 11.3 Å². The summed E-state index contributed by atoms with van der Waals surface area (Å²) in [4.78, 5) is 15.9. The average Bonchev–Trinajstić information content (AvgIpc) is 3.25. The van der Waals surface area contributed by atoms with Crippen LogP contribution in [-0.4, -0.2) is 20.6 Å². The summed E-state index contributed by atoms with van der Waals surface area (Å²) in [6, 6.07) is 15.5. The molecule has 118 valence electrons. The molecular formula is C19H14N2O2S. The predicted molar refractivity (Wildman–Crippen MR) is 95.5 cm³/mol. The monoisotopic (exact) mass is 334 g/mol. The summed E-state index contributed by atoms with van der Waals surface area (Å²) in [5, 5.41) is 13.3. The Kier molecular flexibility index (Phi) is 3.63. The lowest BCUT2D eigenvalue weighted by Gasteiger charge is -2.09. The van der Waals surface area contributed by atoms with E-state index < -0.39 is 5.97 Å². The molecule has 4 nitrogen and oxygen atoms in total. The van der Waals surface area contributed by atoms with Crippen molar-refractivity contribution in [2.75, 3.05) is 0 Å². The number of carboxylic acids is 1. The first-order chi connectivity index (χ1) is 11.7. The Labute approximate surface area is 142 Å². The Morgan fingerprint density at radius 3 is 2.83 bits per heavy atom. The van der Waals surface area contributed by atoms with Gasteiger partial charge in [0.05, 0.1) is 11.1 Å². The number of hydrogen-bond donors (Lipinski definition) is 1. The van der Waals surface area contributed by atoms with Crippen molar-refractivity contribution < 1.29 is 9.90 Å². The zero-order chi connectivity index (χ0) is 16.5. The summed E-state index contributed by atoms with van der Waals surface area (Å²) in [5.74, 6) is -0.905. The molecule has 2 heterocycles. The number of benzene rings is 2. The van der Waals surface area contributed by atoms with Crippen molar-refractivity contribution >= 4 is 28.2 Å². The van der Waals surface area contributed by atoms with Gasteiger partial charge in [-0.05, 0) is 23.8 Å². The number of nitrogens with zero attached hydrogens (tertiary/aromatic N) is 2. The van der Waals surface area contributed by atoms with Crippen molar-refractivity contribution in [2.45, 2.75) is 6.54 Å². The first-order valence-corrected chi connectivity index (χ1v) is 8.40. The molecule has 4 aromatic rings. The minimum atomic E-state index is -0.905. The fraction of sp³-hybridized carbons (Fsp3) is 0.0526. The molecule has 0 unspecified atom stereocenters. The Balaban J connectivity index is 1.75. The number of para-hydroxylation sites is 1. The van der Waals surface area contributed by atoms with E-state index in [2.05, 4.69) is 11.1 Å². The smallest absolute Gasteiger partial charge is 0.337 e. The largest absolute Gasteiger partial charge is 0.478 e. The van der Waals surface area contributed by atoms with E-state index in [1.807, 2.05) is 46.5 Å². The van der Waals surface area contributed by atoms with E-state index in [-0.39, 0.29) is 0 Å². The summed E-state index contributed by atoms with van der Waals surface area (Å²) >= 11 is 1.61. The highest BCUT2D eigenvalue weighted by Crippen LogP contribution is 2.25. The number of carbonyl (C=O) groups is 1. The molecule has 24 heavy (non-hydrogen) atoms. The molecule has 0 atom stereocenters. The highest BCUT2D eigenvalue weighted by Gasteiger charge is 2.12. The van der Waals surface area contributed by atoms with Gasteiger partial charge in [-0.25, -0.2) is 9.78 Å². The molecule has 0 amide bonds. The Morgan fingerprint density at radius 1 is 1.17 bits per heavy atom. The van der Waals surface area contributed by atoms with Crippen molar-refractivity contribution in [3.63, 3.8) is 0 Å². The summed E-state index contributed by atoms with van der Waals surface area (Å²) < 4.78 is 1.99. The standard InChI is InChI=1S/C19H14N2O2S/c22-19(23)16-6-2-4-14-7-9-21(17(14)16)12-13-3-1-5-15(11-13)18-20-8-10-24-18/h1-11H,12H2,(H,22,23). The maximum Gasteiger partial charge on any atom is 0.337 e. The van der Waals surface area contributed by atoms with Gasteiger partial charge < -0.3 is 9.67 Å². The molecule has 0 spiro atoms. The van der Waals surface area contributed by atoms with Crippen LogP contribution in [0.5, 0.6) is 0 Å². The normalized spacial score (nSPS) is 11.0. The van der Waals surface area contributed by atoms with Gasteiger partial charge in [0.25, 0.3) is 0 Å². The van der Waals surface area contributed by atoms with Gasteiger partial charge in [-0.2, -0.15) is 0 Å². The van der Waals surface area contributed by atoms with Crippen LogP contribution in [0.2, 0.25) is 0 Å². The summed E-state index contributed by atoms with van der Waals surface area (Å²) in [6.07, 6.45) is 3.73. The van der Waals surface area contributed by atoms with Crippen LogP contribution in [0.3, 0.4) is 0 Å². The maximum absolute atomic E-state index is 11.5. The van der Waals surface area contributed by atoms with Gasteiger partial charge in [0.15, 0.2) is 0 Å². The second-order valence-electron chi connectivity index (χ2n) is 5.53. The van der Waals surface area contributed by atoms with Crippen molar-refractivity contribution in [3.05, 3.63) is 77.4 Å². The summed E-state index contributed by atoms with van der Waals surface area (Å²) in [7, 11) is 0. The lowest BCUT2D eigenvalue weighted by molar-refractivity contribution is 0.0698. The quantitative estimate of drug-likeness (QED) is 0.597. The minimum Gasteiger partial charge on any atom is -0.478 e. The van der Waals surface area contributed by atoms with Crippen LogP contribution < -0.4 is 0 Å². The van der Waals surface area contributed by atoms with E-state index in [0.717, 1.165) is 27.0 Å². The van der Waals surface area contributed by atoms with E-state index >= 15 is 0 Å². The van der Waals surface area contributed by atoms with Gasteiger partial charge in [-0.3, -0.25) is 0 Å². The molecule has 0 saturated heterocycles. The minimum absolute atomic E-state index is 0.327. The number of thiazole rings is 1. The van der Waals surface area contributed by atoms with Crippen LogP contribution in [0.15, 0.2) is 66.3 Å². The predicted octanol–water partition coefficient (Wildman–Crippen LogP) is 4.51. The lowest BCUT2D eigenvalue weighted by atomic mass is 10.1. The van der Waals surface area contributed by atoms with Crippen LogP contribution >= 0.6 is 11.3 Å². The van der Waals surface area contributed by atoms with Crippen molar-refractivity contribution in [2.24, 2.45) is 0 Å². The van der Waals surface area contributed by atoms with Gasteiger partial charge in [0.1, 0.15) is 5.01 Å². The van der Waals surface area contributed by atoms with Crippen molar-refractivity contribution in [3.8, 4) is 10.6 Å². The molecular weight excluding hydrogens is 320 g/mol. The van der Waals surface area contributed by atoms with Crippen LogP contribution in [0.4, 0.5) is 0 Å². The van der Waals surface area contributed by atoms with Crippen LogP contribution in [0.25, 0.3) is 21.5 Å². The second-order valence-corrected chi connectivity index (χ2v) is 6.42. The first-order valence-electron chi connectivity index (χ1n) is 7.52. The molecule has 0 saturated carbocycles. The topological polar surface area (TPSA) is 55.1 Å². The molecule has 0 fully saturated rings. The SMILES string of the molecule is O=C(O)c1cccc2ccn(Cc3cccc(-c4nccs4)c3)c12. The van der Waals surface area contributed by atoms with E-state index in [9.17, 15) is 9.90 Å². The molecule has 4 rings (SSSR count). The first kappa shape index (κ1) is 14.7. The number of aromatic carboxylic acids is 1. The maximum atomic E-state index is 11.5. The van der Waals surface area contributed by atoms with Gasteiger partial charge in [0, 0.05) is 35.3 Å². The van der Waals surface area contributed by atoms with Crippen molar-refractivity contribution in [1.29, 1.82) is 0 Å². The molecule has 0 bridgehead atoms. The zero-order valence-corrected chi connectivity index (χ0v) is 13.5. The van der Waals surface area contributed by atoms with E-state index in [4.69, 9.17) is 0 Å². The Hall–Kier alpha value is -2.92. The molecule has 0 aliphatic rings. The summed E-state index contributed by atoms with van der Waals surface area (Å²) in [6.45, 7) is 0.618. The molecule has 0 aliphatic heterocycles. The number of aromatic nitrogens is 2.